The predicted molar refractivity (Wildman–Crippen MR) is 113 cm³/mol. The molecule has 0 unspecified atom stereocenters. The molecule has 0 aromatic heterocycles. The Bertz CT molecular complexity index is 803. The SMILES string of the molecule is CN=C(NCc1ccc([N+](=O)[O-])cc1)N1CCN(CCOc2ccccc2)CC1. The van der Waals surface area contributed by atoms with Crippen molar-refractivity contribution in [3.8, 4) is 5.75 Å². The summed E-state index contributed by atoms with van der Waals surface area (Å²) in [7, 11) is 1.78. The number of piperazine rings is 1. The summed E-state index contributed by atoms with van der Waals surface area (Å²) in [6.07, 6.45) is 0. The maximum absolute atomic E-state index is 10.7. The first kappa shape index (κ1) is 20.6. The number of hydrogen-bond acceptors (Lipinski definition) is 5. The van der Waals surface area contributed by atoms with Gasteiger partial charge in [-0.25, -0.2) is 0 Å². The number of rotatable bonds is 7. The van der Waals surface area contributed by atoms with E-state index < -0.39 is 0 Å². The average molecular weight is 397 g/mol. The van der Waals surface area contributed by atoms with E-state index in [1.165, 1.54) is 12.1 Å². The zero-order chi connectivity index (χ0) is 20.5. The largest absolute Gasteiger partial charge is 0.492 e. The Balaban J connectivity index is 1.39. The fourth-order valence-corrected chi connectivity index (χ4v) is 3.24. The number of aliphatic imine (C=N–C) groups is 1. The monoisotopic (exact) mass is 397 g/mol. The number of nitro groups is 1. The highest BCUT2D eigenvalue weighted by Gasteiger charge is 2.19. The molecule has 0 bridgehead atoms. The van der Waals surface area contributed by atoms with Crippen LogP contribution in [0.1, 0.15) is 5.56 Å². The predicted octanol–water partition coefficient (Wildman–Crippen LogP) is 2.37. The first-order valence-electron chi connectivity index (χ1n) is 9.75. The molecule has 8 heteroatoms. The van der Waals surface area contributed by atoms with Gasteiger partial charge in [-0.05, 0) is 17.7 Å². The minimum atomic E-state index is -0.388. The molecule has 3 rings (SSSR count). The smallest absolute Gasteiger partial charge is 0.269 e. The molecule has 0 radical (unpaired) electrons. The number of ether oxygens (including phenoxy) is 1. The normalized spacial score (nSPS) is 15.2. The Morgan fingerprint density at radius 1 is 1.10 bits per heavy atom. The van der Waals surface area contributed by atoms with Crippen molar-refractivity contribution in [2.24, 2.45) is 4.99 Å². The summed E-state index contributed by atoms with van der Waals surface area (Å²) in [6, 6.07) is 16.5. The summed E-state index contributed by atoms with van der Waals surface area (Å²) in [5, 5.41) is 14.1. The minimum absolute atomic E-state index is 0.102. The van der Waals surface area contributed by atoms with Gasteiger partial charge in [0.1, 0.15) is 12.4 Å². The Morgan fingerprint density at radius 2 is 1.79 bits per heavy atom. The molecule has 1 aliphatic heterocycles. The van der Waals surface area contributed by atoms with Gasteiger partial charge in [-0.3, -0.25) is 20.0 Å². The van der Waals surface area contributed by atoms with Gasteiger partial charge >= 0.3 is 0 Å². The maximum atomic E-state index is 10.7. The quantitative estimate of drug-likeness (QED) is 0.334. The second kappa shape index (κ2) is 10.4. The van der Waals surface area contributed by atoms with Crippen LogP contribution >= 0.6 is 0 Å². The van der Waals surface area contributed by atoms with Crippen LogP contribution in [0.25, 0.3) is 0 Å². The van der Waals surface area contributed by atoms with Crippen LogP contribution in [0.4, 0.5) is 5.69 Å². The van der Waals surface area contributed by atoms with Crippen molar-refractivity contribution in [3.63, 3.8) is 0 Å². The van der Waals surface area contributed by atoms with E-state index in [0.29, 0.717) is 13.2 Å². The van der Waals surface area contributed by atoms with E-state index in [0.717, 1.165) is 50.0 Å². The van der Waals surface area contributed by atoms with Gasteiger partial charge in [0.2, 0.25) is 0 Å². The maximum Gasteiger partial charge on any atom is 0.269 e. The summed E-state index contributed by atoms with van der Waals surface area (Å²) >= 11 is 0. The fourth-order valence-electron chi connectivity index (χ4n) is 3.24. The lowest BCUT2D eigenvalue weighted by Crippen LogP contribution is -2.52. The molecule has 1 heterocycles. The van der Waals surface area contributed by atoms with Crippen molar-refractivity contribution in [3.05, 3.63) is 70.3 Å². The Morgan fingerprint density at radius 3 is 2.41 bits per heavy atom. The fraction of sp³-hybridized carbons (Fsp3) is 0.381. The third kappa shape index (κ3) is 6.18. The van der Waals surface area contributed by atoms with E-state index in [-0.39, 0.29) is 10.6 Å². The molecule has 8 nitrogen and oxygen atoms in total. The van der Waals surface area contributed by atoms with E-state index in [2.05, 4.69) is 20.1 Å². The zero-order valence-electron chi connectivity index (χ0n) is 16.7. The van der Waals surface area contributed by atoms with Crippen molar-refractivity contribution in [1.29, 1.82) is 0 Å². The van der Waals surface area contributed by atoms with Crippen LogP contribution in [0.15, 0.2) is 59.6 Å². The average Bonchev–Trinajstić information content (AvgIpc) is 2.76. The molecular weight excluding hydrogens is 370 g/mol. The molecule has 0 spiro atoms. The third-order valence-corrected chi connectivity index (χ3v) is 4.90. The van der Waals surface area contributed by atoms with Crippen molar-refractivity contribution in [1.82, 2.24) is 15.1 Å². The molecule has 1 fully saturated rings. The van der Waals surface area contributed by atoms with Crippen molar-refractivity contribution in [2.75, 3.05) is 46.4 Å². The standard InChI is InChI=1S/C21H27N5O3/c1-22-21(23-17-18-7-9-19(10-8-18)26(27)28)25-13-11-24(12-14-25)15-16-29-20-5-3-2-4-6-20/h2-10H,11-17H2,1H3,(H,22,23). The van der Waals surface area contributed by atoms with Crippen LogP contribution in [-0.2, 0) is 6.54 Å². The van der Waals surface area contributed by atoms with E-state index in [1.807, 2.05) is 30.3 Å². The molecule has 0 aliphatic carbocycles. The topological polar surface area (TPSA) is 83.2 Å². The van der Waals surface area contributed by atoms with Crippen LogP contribution in [0.5, 0.6) is 5.75 Å². The number of hydrogen-bond donors (Lipinski definition) is 1. The summed E-state index contributed by atoms with van der Waals surface area (Å²) in [6.45, 7) is 5.85. The summed E-state index contributed by atoms with van der Waals surface area (Å²) < 4.78 is 5.78. The number of nitro benzene ring substituents is 1. The molecule has 1 saturated heterocycles. The lowest BCUT2D eigenvalue weighted by atomic mass is 10.2. The molecule has 1 aliphatic rings. The van der Waals surface area contributed by atoms with Crippen molar-refractivity contribution >= 4 is 11.6 Å². The highest BCUT2D eigenvalue weighted by Crippen LogP contribution is 2.12. The van der Waals surface area contributed by atoms with E-state index in [4.69, 9.17) is 4.74 Å². The molecule has 1 N–H and O–H groups in total. The summed E-state index contributed by atoms with van der Waals surface area (Å²) in [5.74, 6) is 1.76. The Labute approximate surface area is 170 Å². The van der Waals surface area contributed by atoms with Gasteiger partial charge in [0.15, 0.2) is 5.96 Å². The number of guanidine groups is 1. The summed E-state index contributed by atoms with van der Waals surface area (Å²) in [5.41, 5.74) is 1.08. The Kier molecular flexibility index (Phi) is 7.40. The van der Waals surface area contributed by atoms with Gasteiger partial charge < -0.3 is 15.0 Å². The van der Waals surface area contributed by atoms with Crippen LogP contribution in [0.2, 0.25) is 0 Å². The second-order valence-electron chi connectivity index (χ2n) is 6.81. The van der Waals surface area contributed by atoms with E-state index in [9.17, 15) is 10.1 Å². The van der Waals surface area contributed by atoms with Crippen LogP contribution in [-0.4, -0.2) is 67.1 Å². The number of para-hydroxylation sites is 1. The molecule has 0 saturated carbocycles. The highest BCUT2D eigenvalue weighted by molar-refractivity contribution is 5.80. The third-order valence-electron chi connectivity index (χ3n) is 4.90. The van der Waals surface area contributed by atoms with E-state index in [1.54, 1.807) is 19.2 Å². The van der Waals surface area contributed by atoms with Gasteiger partial charge in [-0.2, -0.15) is 0 Å². The van der Waals surface area contributed by atoms with Crippen LogP contribution < -0.4 is 10.1 Å². The Hall–Kier alpha value is -3.13. The van der Waals surface area contributed by atoms with E-state index >= 15 is 0 Å². The number of benzene rings is 2. The molecule has 2 aromatic carbocycles. The number of nitrogens with one attached hydrogen (secondary N) is 1. The summed E-state index contributed by atoms with van der Waals surface area (Å²) in [4.78, 5) is 19.4. The van der Waals surface area contributed by atoms with Crippen molar-refractivity contribution in [2.45, 2.75) is 6.54 Å². The van der Waals surface area contributed by atoms with Gasteiger partial charge in [-0.15, -0.1) is 0 Å². The van der Waals surface area contributed by atoms with Crippen LogP contribution in [0, 0.1) is 10.1 Å². The lowest BCUT2D eigenvalue weighted by molar-refractivity contribution is -0.384. The molecule has 0 amide bonds. The van der Waals surface area contributed by atoms with Gasteiger partial charge in [0, 0.05) is 58.4 Å². The van der Waals surface area contributed by atoms with Gasteiger partial charge in [0.25, 0.3) is 5.69 Å². The zero-order valence-corrected chi connectivity index (χ0v) is 16.7. The first-order chi connectivity index (χ1) is 14.2. The van der Waals surface area contributed by atoms with Gasteiger partial charge in [0.05, 0.1) is 4.92 Å². The molecule has 2 aromatic rings. The molecule has 154 valence electrons. The second-order valence-corrected chi connectivity index (χ2v) is 6.81. The minimum Gasteiger partial charge on any atom is -0.492 e. The number of nitrogens with zero attached hydrogens (tertiary/aromatic N) is 4. The number of non-ortho nitro benzene ring substituents is 1. The van der Waals surface area contributed by atoms with Crippen LogP contribution in [0.3, 0.4) is 0 Å². The molecular formula is C21H27N5O3. The highest BCUT2D eigenvalue weighted by atomic mass is 16.6. The lowest BCUT2D eigenvalue weighted by Gasteiger charge is -2.36. The molecule has 29 heavy (non-hydrogen) atoms. The van der Waals surface area contributed by atoms with Gasteiger partial charge in [-0.1, -0.05) is 30.3 Å². The molecule has 0 atom stereocenters. The first-order valence-corrected chi connectivity index (χ1v) is 9.75. The van der Waals surface area contributed by atoms with Crippen molar-refractivity contribution < 1.29 is 9.66 Å².